The van der Waals surface area contributed by atoms with Crippen molar-refractivity contribution in [2.24, 2.45) is 17.3 Å². The van der Waals surface area contributed by atoms with Crippen LogP contribution in [0.15, 0.2) is 12.1 Å². The van der Waals surface area contributed by atoms with E-state index in [1.54, 1.807) is 0 Å². The standard InChI is InChI=1S/C18H22O9S2/c1-18-7-6-13-12(14(18)4-5-16(18)19)3-2-10-8-11(26-28(20,21)22)9-15(17(10)13)27-29(23,24)25/h8-9,12-14H,2-7H2,1H3,(H,20,21,22)(H,23,24,25)/t12-,13+,14+,18+/m1/s1. The number of hydrogen-bond donors (Lipinski definition) is 2. The first kappa shape index (κ1) is 20.6. The number of rotatable bonds is 4. The van der Waals surface area contributed by atoms with Gasteiger partial charge in [-0.1, -0.05) is 6.92 Å². The summed E-state index contributed by atoms with van der Waals surface area (Å²) >= 11 is 0. The molecule has 0 amide bonds. The number of carbonyl (C=O) groups excluding carboxylic acids is 1. The molecule has 0 spiro atoms. The number of hydrogen-bond acceptors (Lipinski definition) is 7. The van der Waals surface area contributed by atoms with Crippen molar-refractivity contribution in [3.63, 3.8) is 0 Å². The predicted octanol–water partition coefficient (Wildman–Crippen LogP) is 2.48. The van der Waals surface area contributed by atoms with Crippen LogP contribution in [0.2, 0.25) is 0 Å². The van der Waals surface area contributed by atoms with E-state index in [9.17, 15) is 26.2 Å². The molecule has 29 heavy (non-hydrogen) atoms. The third kappa shape index (κ3) is 3.76. The van der Waals surface area contributed by atoms with Crippen LogP contribution in [0.4, 0.5) is 0 Å². The van der Waals surface area contributed by atoms with Crippen molar-refractivity contribution in [1.29, 1.82) is 0 Å². The van der Waals surface area contributed by atoms with Gasteiger partial charge in [0.1, 0.15) is 11.5 Å². The fraction of sp³-hybridized carbons (Fsp3) is 0.611. The SMILES string of the molecule is C[C@]12CC[C@@H]3c4c(cc(OS(=O)(=O)O)cc4OS(=O)(=O)O)CC[C@H]3[C@@H]1CCC2=O. The summed E-state index contributed by atoms with van der Waals surface area (Å²) in [6.45, 7) is 2.01. The average Bonchev–Trinajstić information content (AvgIpc) is 2.87. The third-order valence-corrected chi connectivity index (χ3v) is 7.66. The van der Waals surface area contributed by atoms with Gasteiger partial charge in [-0.3, -0.25) is 13.9 Å². The van der Waals surface area contributed by atoms with Gasteiger partial charge in [0.05, 0.1) is 0 Å². The molecule has 0 aromatic heterocycles. The van der Waals surface area contributed by atoms with Crippen LogP contribution in [0, 0.1) is 17.3 Å². The first-order valence-corrected chi connectivity index (χ1v) is 12.1. The van der Waals surface area contributed by atoms with E-state index in [4.69, 9.17) is 8.74 Å². The van der Waals surface area contributed by atoms with Crippen LogP contribution in [-0.4, -0.2) is 31.7 Å². The van der Waals surface area contributed by atoms with Gasteiger partial charge in [0, 0.05) is 23.5 Å². The van der Waals surface area contributed by atoms with E-state index in [1.165, 1.54) is 6.07 Å². The third-order valence-electron chi connectivity index (χ3n) is 6.86. The molecular formula is C18H22O9S2. The van der Waals surface area contributed by atoms with Gasteiger partial charge in [-0.25, -0.2) is 0 Å². The van der Waals surface area contributed by atoms with Crippen LogP contribution in [-0.2, 0) is 32.0 Å². The molecule has 2 N–H and O–H groups in total. The van der Waals surface area contributed by atoms with E-state index in [1.807, 2.05) is 6.92 Å². The Morgan fingerprint density at radius 2 is 1.69 bits per heavy atom. The van der Waals surface area contributed by atoms with Crippen molar-refractivity contribution < 1.29 is 39.1 Å². The average molecular weight is 446 g/mol. The van der Waals surface area contributed by atoms with E-state index >= 15 is 0 Å². The Labute approximate surface area is 169 Å². The monoisotopic (exact) mass is 446 g/mol. The van der Waals surface area contributed by atoms with E-state index in [0.29, 0.717) is 36.8 Å². The highest BCUT2D eigenvalue weighted by atomic mass is 32.3. The fourth-order valence-electron chi connectivity index (χ4n) is 5.78. The highest BCUT2D eigenvalue weighted by molar-refractivity contribution is 7.81. The largest absolute Gasteiger partial charge is 0.446 e. The first-order valence-electron chi connectivity index (χ1n) is 9.41. The zero-order valence-corrected chi connectivity index (χ0v) is 17.3. The summed E-state index contributed by atoms with van der Waals surface area (Å²) in [7, 11) is -9.69. The summed E-state index contributed by atoms with van der Waals surface area (Å²) in [4.78, 5) is 12.4. The maximum absolute atomic E-state index is 12.4. The smallest absolute Gasteiger partial charge is 0.362 e. The molecule has 1 aromatic rings. The van der Waals surface area contributed by atoms with Crippen LogP contribution in [0.25, 0.3) is 0 Å². The molecule has 3 aliphatic carbocycles. The molecular weight excluding hydrogens is 424 g/mol. The second kappa shape index (κ2) is 6.66. The van der Waals surface area contributed by atoms with Crippen molar-refractivity contribution in [3.8, 4) is 11.5 Å². The summed E-state index contributed by atoms with van der Waals surface area (Å²) in [6.07, 6.45) is 3.92. The molecule has 0 heterocycles. The molecule has 3 aliphatic rings. The predicted molar refractivity (Wildman–Crippen MR) is 100 cm³/mol. The Hall–Kier alpha value is -1.69. The van der Waals surface area contributed by atoms with Crippen molar-refractivity contribution in [2.75, 3.05) is 0 Å². The van der Waals surface area contributed by atoms with Crippen molar-refractivity contribution in [2.45, 2.75) is 51.4 Å². The molecule has 11 heteroatoms. The molecule has 0 saturated heterocycles. The minimum absolute atomic E-state index is 0.0840. The zero-order valence-electron chi connectivity index (χ0n) is 15.7. The lowest BCUT2D eigenvalue weighted by atomic mass is 9.55. The van der Waals surface area contributed by atoms with Gasteiger partial charge < -0.3 is 8.37 Å². The van der Waals surface area contributed by atoms with Gasteiger partial charge in [0.25, 0.3) is 0 Å². The number of aryl methyl sites for hydroxylation is 1. The van der Waals surface area contributed by atoms with Crippen LogP contribution in [0.5, 0.6) is 11.5 Å². The van der Waals surface area contributed by atoms with Gasteiger partial charge in [0.15, 0.2) is 5.75 Å². The van der Waals surface area contributed by atoms with Gasteiger partial charge in [0.2, 0.25) is 0 Å². The zero-order chi connectivity index (χ0) is 21.2. The van der Waals surface area contributed by atoms with E-state index in [2.05, 4.69) is 4.18 Å². The molecule has 4 rings (SSSR count). The topological polar surface area (TPSA) is 144 Å². The lowest BCUT2D eigenvalue weighted by Gasteiger charge is -2.48. The number of benzene rings is 1. The molecule has 2 fully saturated rings. The van der Waals surface area contributed by atoms with E-state index < -0.39 is 20.8 Å². The number of ketones is 1. The second-order valence-corrected chi connectivity index (χ2v) is 10.4. The Balaban J connectivity index is 1.79. The number of carbonyl (C=O) groups is 1. The maximum Gasteiger partial charge on any atom is 0.446 e. The lowest BCUT2D eigenvalue weighted by Crippen LogP contribution is -2.42. The minimum Gasteiger partial charge on any atom is -0.362 e. The summed E-state index contributed by atoms with van der Waals surface area (Å²) in [5.41, 5.74) is 0.860. The molecule has 9 nitrogen and oxygen atoms in total. The Morgan fingerprint density at radius 3 is 2.34 bits per heavy atom. The number of Topliss-reactive ketones (excluding diaryl/α,β-unsaturated/α-hetero) is 1. The maximum atomic E-state index is 12.4. The summed E-state index contributed by atoms with van der Waals surface area (Å²) in [5, 5.41) is 0. The van der Waals surface area contributed by atoms with Crippen molar-refractivity contribution in [3.05, 3.63) is 23.3 Å². The Bertz CT molecular complexity index is 1080. The summed E-state index contributed by atoms with van der Waals surface area (Å²) in [5.74, 6) is 0.0163. The van der Waals surface area contributed by atoms with E-state index in [-0.39, 0.29) is 40.5 Å². The lowest BCUT2D eigenvalue weighted by molar-refractivity contribution is -0.129. The summed E-state index contributed by atoms with van der Waals surface area (Å²) < 4.78 is 72.4. The first-order chi connectivity index (χ1) is 13.4. The van der Waals surface area contributed by atoms with Crippen LogP contribution in [0.1, 0.15) is 56.1 Å². The molecule has 2 saturated carbocycles. The molecule has 0 bridgehead atoms. The van der Waals surface area contributed by atoms with Gasteiger partial charge in [-0.05, 0) is 61.5 Å². The molecule has 0 radical (unpaired) electrons. The normalized spacial score (nSPS) is 31.6. The van der Waals surface area contributed by atoms with Crippen LogP contribution >= 0.6 is 0 Å². The Morgan fingerprint density at radius 1 is 1.00 bits per heavy atom. The molecule has 160 valence electrons. The highest BCUT2D eigenvalue weighted by Gasteiger charge is 2.55. The van der Waals surface area contributed by atoms with Crippen molar-refractivity contribution in [1.82, 2.24) is 0 Å². The minimum atomic E-state index is -4.87. The molecule has 0 unspecified atom stereocenters. The number of fused-ring (bicyclic) bond motifs is 5. The summed E-state index contributed by atoms with van der Waals surface area (Å²) in [6, 6.07) is 2.47. The van der Waals surface area contributed by atoms with Gasteiger partial charge in [-0.2, -0.15) is 16.8 Å². The second-order valence-electron chi connectivity index (χ2n) is 8.35. The molecule has 0 aliphatic heterocycles. The van der Waals surface area contributed by atoms with Crippen molar-refractivity contribution >= 4 is 26.6 Å². The van der Waals surface area contributed by atoms with Crippen LogP contribution < -0.4 is 8.37 Å². The van der Waals surface area contributed by atoms with Gasteiger partial charge >= 0.3 is 20.8 Å². The quantitative estimate of drug-likeness (QED) is 0.666. The Kier molecular flexibility index (Phi) is 4.72. The van der Waals surface area contributed by atoms with Gasteiger partial charge in [-0.15, -0.1) is 0 Å². The highest BCUT2D eigenvalue weighted by Crippen LogP contribution is 2.61. The fourth-order valence-corrected chi connectivity index (χ4v) is 6.48. The molecule has 4 atom stereocenters. The van der Waals surface area contributed by atoms with Crippen LogP contribution in [0.3, 0.4) is 0 Å². The molecule has 1 aromatic carbocycles. The van der Waals surface area contributed by atoms with E-state index in [0.717, 1.165) is 18.9 Å².